The quantitative estimate of drug-likeness (QED) is 0.870. The first-order valence-electron chi connectivity index (χ1n) is 7.27. The monoisotopic (exact) mass is 320 g/mol. The maximum Gasteiger partial charge on any atom is 0.0774 e. The lowest BCUT2D eigenvalue weighted by Gasteiger charge is -2.07. The Morgan fingerprint density at radius 1 is 0.857 bits per heavy atom. The highest BCUT2D eigenvalue weighted by molar-refractivity contribution is 7.12. The van der Waals surface area contributed by atoms with E-state index in [9.17, 15) is 10.2 Å². The van der Waals surface area contributed by atoms with Gasteiger partial charge in [0.2, 0.25) is 0 Å². The van der Waals surface area contributed by atoms with E-state index in [4.69, 9.17) is 0 Å². The van der Waals surface area contributed by atoms with Gasteiger partial charge in [-0.3, -0.25) is 0 Å². The molecule has 0 saturated carbocycles. The Balaban J connectivity index is 2.09. The zero-order valence-corrected chi connectivity index (χ0v) is 14.0. The first-order valence-corrected chi connectivity index (χ1v) is 8.90. The van der Waals surface area contributed by atoms with Crippen LogP contribution in [-0.2, 0) is 13.2 Å². The smallest absolute Gasteiger partial charge is 0.0774 e. The maximum atomic E-state index is 9.35. The third-order valence-electron chi connectivity index (χ3n) is 4.12. The normalized spacial score (nSPS) is 15.2. The topological polar surface area (TPSA) is 40.5 Å². The van der Waals surface area contributed by atoms with Gasteiger partial charge in [0.25, 0.3) is 0 Å². The molecule has 0 aliphatic heterocycles. The van der Waals surface area contributed by atoms with E-state index in [2.05, 4.69) is 26.0 Å². The summed E-state index contributed by atoms with van der Waals surface area (Å²) >= 11 is 3.38. The predicted octanol–water partition coefficient (Wildman–Crippen LogP) is 4.51. The number of hydrogen-bond donors (Lipinski definition) is 2. The Hall–Kier alpha value is -0.940. The van der Waals surface area contributed by atoms with Crippen LogP contribution in [0.15, 0.2) is 12.1 Å². The van der Waals surface area contributed by atoms with E-state index < -0.39 is 0 Å². The van der Waals surface area contributed by atoms with Crippen molar-refractivity contribution >= 4 is 33.8 Å². The first kappa shape index (κ1) is 15.0. The van der Waals surface area contributed by atoms with Gasteiger partial charge in [-0.25, -0.2) is 0 Å². The summed E-state index contributed by atoms with van der Waals surface area (Å²) in [5.41, 5.74) is 5.50. The molecule has 0 aromatic carbocycles. The molecule has 0 fully saturated rings. The van der Waals surface area contributed by atoms with Crippen LogP contribution in [0.4, 0.5) is 0 Å². The Labute approximate surface area is 133 Å². The fourth-order valence-electron chi connectivity index (χ4n) is 3.18. The zero-order valence-electron chi connectivity index (χ0n) is 12.4. The van der Waals surface area contributed by atoms with E-state index in [1.165, 1.54) is 38.4 Å². The molecule has 1 aliphatic carbocycles. The molecule has 0 saturated heterocycles. The minimum atomic E-state index is 0.125. The van der Waals surface area contributed by atoms with Gasteiger partial charge in [0.15, 0.2) is 0 Å². The lowest BCUT2D eigenvalue weighted by atomic mass is 9.97. The van der Waals surface area contributed by atoms with Gasteiger partial charge in [0.05, 0.1) is 13.2 Å². The van der Waals surface area contributed by atoms with Gasteiger partial charge in [-0.2, -0.15) is 0 Å². The van der Waals surface area contributed by atoms with Crippen molar-refractivity contribution in [1.29, 1.82) is 0 Å². The molecule has 2 N–H and O–H groups in total. The van der Waals surface area contributed by atoms with Crippen LogP contribution >= 0.6 is 22.7 Å². The molecule has 4 heteroatoms. The number of allylic oxidation sites excluding steroid dienone is 2. The third kappa shape index (κ3) is 2.73. The van der Waals surface area contributed by atoms with E-state index in [1.54, 1.807) is 22.7 Å². The number of thiophene rings is 2. The van der Waals surface area contributed by atoms with Crippen molar-refractivity contribution in [2.45, 2.75) is 46.3 Å². The highest BCUT2D eigenvalue weighted by Gasteiger charge is 2.22. The van der Waals surface area contributed by atoms with Gasteiger partial charge < -0.3 is 10.2 Å². The number of hydrogen-bond acceptors (Lipinski definition) is 4. The minimum Gasteiger partial charge on any atom is -0.391 e. The summed E-state index contributed by atoms with van der Waals surface area (Å²) in [6.07, 6.45) is 3.42. The average molecular weight is 320 g/mol. The van der Waals surface area contributed by atoms with E-state index in [0.717, 1.165) is 22.6 Å². The van der Waals surface area contributed by atoms with Gasteiger partial charge in [-0.05, 0) is 67.5 Å². The predicted molar refractivity (Wildman–Crippen MR) is 90.6 cm³/mol. The van der Waals surface area contributed by atoms with Crippen molar-refractivity contribution in [3.63, 3.8) is 0 Å². The van der Waals surface area contributed by atoms with Crippen LogP contribution in [-0.4, -0.2) is 10.2 Å². The van der Waals surface area contributed by atoms with Crippen LogP contribution in [0.2, 0.25) is 0 Å². The average Bonchev–Trinajstić information content (AvgIpc) is 3.16. The highest BCUT2D eigenvalue weighted by Crippen LogP contribution is 2.44. The number of aliphatic hydroxyl groups is 2. The largest absolute Gasteiger partial charge is 0.391 e. The molecular weight excluding hydrogens is 300 g/mol. The molecule has 0 radical (unpaired) electrons. The van der Waals surface area contributed by atoms with Gasteiger partial charge in [-0.15, -0.1) is 22.7 Å². The molecule has 112 valence electrons. The van der Waals surface area contributed by atoms with E-state index in [-0.39, 0.29) is 13.2 Å². The minimum absolute atomic E-state index is 0.125. The summed E-state index contributed by atoms with van der Waals surface area (Å²) in [4.78, 5) is 4.67. The van der Waals surface area contributed by atoms with Gasteiger partial charge in [0, 0.05) is 19.5 Å². The van der Waals surface area contributed by atoms with Crippen molar-refractivity contribution in [3.8, 4) is 0 Å². The Morgan fingerprint density at radius 3 is 1.62 bits per heavy atom. The van der Waals surface area contributed by atoms with Crippen molar-refractivity contribution in [3.05, 3.63) is 42.8 Å². The van der Waals surface area contributed by atoms with Crippen molar-refractivity contribution in [2.75, 3.05) is 0 Å². The molecule has 0 amide bonds. The zero-order chi connectivity index (χ0) is 15.0. The Morgan fingerprint density at radius 2 is 1.29 bits per heavy atom. The summed E-state index contributed by atoms with van der Waals surface area (Å²) in [6.45, 7) is 4.53. The molecule has 0 unspecified atom stereocenters. The lowest BCUT2D eigenvalue weighted by molar-refractivity contribution is 0.285. The molecule has 2 nitrogen and oxygen atoms in total. The van der Waals surface area contributed by atoms with Crippen LogP contribution in [0.1, 0.15) is 49.9 Å². The SMILES string of the molecule is Cc1sc(CO)cc1C1=C(c2cc(CO)sc2C)CCC1. The van der Waals surface area contributed by atoms with Gasteiger partial charge in [-0.1, -0.05) is 0 Å². The summed E-state index contributed by atoms with van der Waals surface area (Å²) in [5, 5.41) is 18.7. The lowest BCUT2D eigenvalue weighted by Crippen LogP contribution is -1.86. The number of aryl methyl sites for hydroxylation is 2. The van der Waals surface area contributed by atoms with E-state index >= 15 is 0 Å². The Bertz CT molecular complexity index is 633. The Kier molecular flexibility index (Phi) is 4.31. The van der Waals surface area contributed by atoms with Crippen LogP contribution in [0.5, 0.6) is 0 Å². The summed E-state index contributed by atoms with van der Waals surface area (Å²) in [6, 6.07) is 4.30. The molecular formula is C17H20O2S2. The molecule has 0 spiro atoms. The second kappa shape index (κ2) is 6.05. The second-order valence-corrected chi connectivity index (χ2v) is 8.17. The standard InChI is InChI=1S/C17H20O2S2/c1-10-16(6-12(8-18)20-10)14-4-3-5-15(14)17-7-13(9-19)21-11(17)2/h6-7,18-19H,3-5,8-9H2,1-2H3. The number of rotatable bonds is 4. The molecule has 2 heterocycles. The summed E-state index contributed by atoms with van der Waals surface area (Å²) in [7, 11) is 0. The highest BCUT2D eigenvalue weighted by atomic mass is 32.1. The molecule has 1 aliphatic rings. The molecule has 3 rings (SSSR count). The van der Waals surface area contributed by atoms with Crippen molar-refractivity contribution < 1.29 is 10.2 Å². The molecule has 21 heavy (non-hydrogen) atoms. The summed E-state index contributed by atoms with van der Waals surface area (Å²) < 4.78 is 0. The van der Waals surface area contributed by atoms with Gasteiger partial charge >= 0.3 is 0 Å². The van der Waals surface area contributed by atoms with Gasteiger partial charge in [0.1, 0.15) is 0 Å². The number of aliphatic hydroxyl groups excluding tert-OH is 2. The molecule has 2 aromatic heterocycles. The fraction of sp³-hybridized carbons (Fsp3) is 0.412. The second-order valence-electron chi connectivity index (χ2n) is 5.49. The van der Waals surface area contributed by atoms with Crippen molar-refractivity contribution in [2.24, 2.45) is 0 Å². The molecule has 0 atom stereocenters. The van der Waals surface area contributed by atoms with Crippen LogP contribution in [0.25, 0.3) is 11.1 Å². The maximum absolute atomic E-state index is 9.35. The van der Waals surface area contributed by atoms with Crippen LogP contribution < -0.4 is 0 Å². The first-order chi connectivity index (χ1) is 10.1. The summed E-state index contributed by atoms with van der Waals surface area (Å²) in [5.74, 6) is 0. The van der Waals surface area contributed by atoms with Crippen LogP contribution in [0, 0.1) is 13.8 Å². The fourth-order valence-corrected chi connectivity index (χ4v) is 5.03. The van der Waals surface area contributed by atoms with E-state index in [0.29, 0.717) is 0 Å². The van der Waals surface area contributed by atoms with Crippen molar-refractivity contribution in [1.82, 2.24) is 0 Å². The molecule has 0 bridgehead atoms. The molecule has 2 aromatic rings. The third-order valence-corrected chi connectivity index (χ3v) is 6.19. The van der Waals surface area contributed by atoms with E-state index in [1.807, 2.05) is 0 Å². The van der Waals surface area contributed by atoms with Crippen LogP contribution in [0.3, 0.4) is 0 Å².